The number of benzene rings is 2. The van der Waals surface area contributed by atoms with Crippen LogP contribution in [-0.2, 0) is 20.0 Å². The fourth-order valence-electron chi connectivity index (χ4n) is 3.76. The number of hydrogen-bond acceptors (Lipinski definition) is 4. The number of sulfone groups is 1. The van der Waals surface area contributed by atoms with Crippen molar-refractivity contribution in [3.63, 3.8) is 0 Å². The minimum atomic E-state index is -4.64. The van der Waals surface area contributed by atoms with E-state index in [4.69, 9.17) is 4.74 Å². The normalized spacial score (nSPS) is 23.6. The lowest BCUT2D eigenvalue weighted by Gasteiger charge is -2.26. The zero-order valence-electron chi connectivity index (χ0n) is 14.2. The van der Waals surface area contributed by atoms with Crippen LogP contribution in [0.2, 0.25) is 0 Å². The highest BCUT2D eigenvalue weighted by atomic mass is 32.2. The molecule has 0 bridgehead atoms. The molecule has 142 valence electrons. The van der Waals surface area contributed by atoms with Gasteiger partial charge in [0.25, 0.3) is 0 Å². The smallest absolute Gasteiger partial charge is 0.341 e. The van der Waals surface area contributed by atoms with E-state index in [1.165, 1.54) is 12.1 Å². The number of para-hydroxylation sites is 1. The number of amides is 1. The van der Waals surface area contributed by atoms with Crippen LogP contribution in [0.15, 0.2) is 53.4 Å². The zero-order chi connectivity index (χ0) is 19.2. The average molecular weight is 393 g/mol. The van der Waals surface area contributed by atoms with Crippen molar-refractivity contribution in [2.24, 2.45) is 5.92 Å². The highest BCUT2D eigenvalue weighted by Gasteiger charge is 2.60. The Balaban J connectivity index is 1.49. The van der Waals surface area contributed by atoms with Gasteiger partial charge in [-0.1, -0.05) is 18.2 Å². The van der Waals surface area contributed by atoms with Gasteiger partial charge in [-0.05, 0) is 43.2 Å². The van der Waals surface area contributed by atoms with Crippen LogP contribution in [0.25, 0.3) is 0 Å². The van der Waals surface area contributed by atoms with E-state index in [-0.39, 0.29) is 17.2 Å². The van der Waals surface area contributed by atoms with Crippen LogP contribution in [0.3, 0.4) is 0 Å². The molecule has 1 aliphatic carbocycles. The van der Waals surface area contributed by atoms with Gasteiger partial charge in [0.1, 0.15) is 5.75 Å². The molecular weight excluding hydrogens is 376 g/mol. The van der Waals surface area contributed by atoms with Crippen molar-refractivity contribution in [1.29, 1.82) is 0 Å². The molecule has 1 saturated carbocycles. The third-order valence-corrected chi connectivity index (χ3v) is 6.70. The summed E-state index contributed by atoms with van der Waals surface area (Å²) >= 11 is 0. The number of halogens is 2. The summed E-state index contributed by atoms with van der Waals surface area (Å²) in [6.07, 6.45) is 1.48. The molecule has 0 radical (unpaired) electrons. The van der Waals surface area contributed by atoms with Crippen molar-refractivity contribution in [2.45, 2.75) is 28.9 Å². The topological polar surface area (TPSA) is 72.5 Å². The summed E-state index contributed by atoms with van der Waals surface area (Å²) in [6, 6.07) is 12.5. The van der Waals surface area contributed by atoms with Crippen molar-refractivity contribution in [3.8, 4) is 5.75 Å². The van der Waals surface area contributed by atoms with Gasteiger partial charge in [0.2, 0.25) is 15.7 Å². The van der Waals surface area contributed by atoms with Crippen molar-refractivity contribution in [3.05, 3.63) is 54.1 Å². The first kappa shape index (κ1) is 17.9. The first-order valence-corrected chi connectivity index (χ1v) is 10.0. The molecule has 0 unspecified atom stereocenters. The Hall–Kier alpha value is -2.48. The first-order chi connectivity index (χ1) is 12.8. The molecule has 8 heteroatoms. The molecule has 2 aliphatic rings. The van der Waals surface area contributed by atoms with E-state index in [2.05, 4.69) is 5.32 Å². The number of fused-ring (bicyclic) bond motifs is 2. The summed E-state index contributed by atoms with van der Waals surface area (Å²) in [4.78, 5) is 12.2. The Morgan fingerprint density at radius 1 is 1.15 bits per heavy atom. The Labute approximate surface area is 155 Å². The molecule has 5 nitrogen and oxygen atoms in total. The van der Waals surface area contributed by atoms with Crippen molar-refractivity contribution < 1.29 is 26.7 Å². The molecule has 0 saturated heterocycles. The Morgan fingerprint density at radius 2 is 1.85 bits per heavy atom. The third kappa shape index (κ3) is 2.97. The molecule has 1 spiro atoms. The largest absolute Gasteiger partial charge is 0.493 e. The predicted octanol–water partition coefficient (Wildman–Crippen LogP) is 3.36. The number of rotatable bonds is 4. The van der Waals surface area contributed by atoms with Gasteiger partial charge in [0.05, 0.1) is 11.5 Å². The lowest BCUT2D eigenvalue weighted by Crippen LogP contribution is -2.26. The van der Waals surface area contributed by atoms with Crippen LogP contribution in [0.1, 0.15) is 18.4 Å². The number of anilines is 1. The summed E-state index contributed by atoms with van der Waals surface area (Å²) < 4.78 is 53.7. The summed E-state index contributed by atoms with van der Waals surface area (Å²) in [6.45, 7) is 0.557. The van der Waals surface area contributed by atoms with Crippen LogP contribution in [-0.4, -0.2) is 26.7 Å². The van der Waals surface area contributed by atoms with Crippen LogP contribution >= 0.6 is 0 Å². The van der Waals surface area contributed by atoms with Crippen molar-refractivity contribution >= 4 is 21.4 Å². The lowest BCUT2D eigenvalue weighted by atomic mass is 9.87. The number of alkyl halides is 2. The number of hydrogen-bond donors (Lipinski definition) is 1. The van der Waals surface area contributed by atoms with Gasteiger partial charge in [-0.25, -0.2) is 8.42 Å². The van der Waals surface area contributed by atoms with Crippen molar-refractivity contribution in [1.82, 2.24) is 0 Å². The van der Waals surface area contributed by atoms with E-state index >= 15 is 0 Å². The van der Waals surface area contributed by atoms with Gasteiger partial charge < -0.3 is 10.1 Å². The maximum Gasteiger partial charge on any atom is 0.341 e. The van der Waals surface area contributed by atoms with Gasteiger partial charge >= 0.3 is 5.76 Å². The molecule has 0 aromatic heterocycles. The molecule has 2 aromatic rings. The van der Waals surface area contributed by atoms with E-state index in [0.29, 0.717) is 12.3 Å². The first-order valence-electron chi connectivity index (χ1n) is 8.50. The van der Waals surface area contributed by atoms with Crippen LogP contribution in [0.5, 0.6) is 5.75 Å². The molecule has 1 N–H and O–H groups in total. The Bertz CT molecular complexity index is 991. The predicted molar refractivity (Wildman–Crippen MR) is 94.6 cm³/mol. The second kappa shape index (κ2) is 6.30. The molecule has 1 amide bonds. The molecular formula is C19H17F2NO4S. The van der Waals surface area contributed by atoms with Gasteiger partial charge in [0, 0.05) is 22.6 Å². The fourth-order valence-corrected chi connectivity index (χ4v) is 4.49. The molecule has 1 aliphatic heterocycles. The third-order valence-electron chi connectivity index (χ3n) is 5.31. The van der Waals surface area contributed by atoms with E-state index in [1.54, 1.807) is 0 Å². The monoisotopic (exact) mass is 393 g/mol. The lowest BCUT2D eigenvalue weighted by molar-refractivity contribution is -0.117. The second-order valence-electron chi connectivity index (χ2n) is 6.83. The van der Waals surface area contributed by atoms with Crippen LogP contribution in [0, 0.1) is 5.92 Å². The van der Waals surface area contributed by atoms with Gasteiger partial charge in [-0.15, -0.1) is 0 Å². The highest BCUT2D eigenvalue weighted by molar-refractivity contribution is 7.91. The van der Waals surface area contributed by atoms with Gasteiger partial charge in [0.15, 0.2) is 0 Å². The quantitative estimate of drug-likeness (QED) is 0.865. The van der Waals surface area contributed by atoms with E-state index < -0.39 is 20.5 Å². The summed E-state index contributed by atoms with van der Waals surface area (Å²) in [5.41, 5.74) is 1.18. The minimum Gasteiger partial charge on any atom is -0.493 e. The van der Waals surface area contributed by atoms with Crippen molar-refractivity contribution in [2.75, 3.05) is 11.9 Å². The molecule has 27 heavy (non-hydrogen) atoms. The standard InChI is InChI=1S/C19H17F2NO4S/c20-18(21)27(24,25)13-7-5-12(6-8-13)22-17(23)15-11-19(15)9-10-26-16-4-2-1-3-14(16)19/h1-8,15,18H,9-11H2,(H,22,23)/t15-,19-/m0/s1. The molecule has 1 fully saturated rings. The van der Waals surface area contributed by atoms with Gasteiger partial charge in [-0.2, -0.15) is 8.78 Å². The molecule has 1 heterocycles. The highest BCUT2D eigenvalue weighted by Crippen LogP contribution is 2.60. The molecule has 2 atom stereocenters. The van der Waals surface area contributed by atoms with Crippen LogP contribution < -0.4 is 10.1 Å². The summed E-state index contributed by atoms with van der Waals surface area (Å²) in [5.74, 6) is -3.04. The van der Waals surface area contributed by atoms with E-state index in [9.17, 15) is 22.0 Å². The molecule has 4 rings (SSSR count). The Morgan fingerprint density at radius 3 is 2.56 bits per heavy atom. The summed E-state index contributed by atoms with van der Waals surface area (Å²) in [7, 11) is -4.64. The zero-order valence-corrected chi connectivity index (χ0v) is 15.0. The van der Waals surface area contributed by atoms with Gasteiger partial charge in [-0.3, -0.25) is 4.79 Å². The number of nitrogens with one attached hydrogen (secondary N) is 1. The number of ether oxygens (including phenoxy) is 1. The second-order valence-corrected chi connectivity index (χ2v) is 8.74. The fraction of sp³-hybridized carbons (Fsp3) is 0.316. The SMILES string of the molecule is O=C(Nc1ccc(S(=O)(=O)C(F)F)cc1)[C@@H]1C[C@]12CCOc1ccccc12. The maximum atomic E-state index is 12.7. The summed E-state index contributed by atoms with van der Waals surface area (Å²) in [5, 5.41) is 2.75. The number of carbonyl (C=O) groups excluding carboxylic acids is 1. The van der Waals surface area contributed by atoms with E-state index in [1.807, 2.05) is 24.3 Å². The van der Waals surface area contributed by atoms with Crippen LogP contribution in [0.4, 0.5) is 14.5 Å². The molecule has 2 aromatic carbocycles. The Kier molecular flexibility index (Phi) is 4.18. The maximum absolute atomic E-state index is 12.7. The minimum absolute atomic E-state index is 0.170. The average Bonchev–Trinajstić information content (AvgIpc) is 3.37. The number of carbonyl (C=O) groups is 1. The van der Waals surface area contributed by atoms with E-state index in [0.717, 1.165) is 36.3 Å².